The topological polar surface area (TPSA) is 102 Å². The predicted molar refractivity (Wildman–Crippen MR) is 155 cm³/mol. The molecular formula is C31H40F3N3O5S. The smallest absolute Gasteiger partial charge is 0.416 e. The van der Waals surface area contributed by atoms with Crippen molar-refractivity contribution in [1.29, 1.82) is 0 Å². The molecule has 2 atom stereocenters. The first-order chi connectivity index (χ1) is 20.5. The Morgan fingerprint density at radius 3 is 2.12 bits per heavy atom. The van der Waals surface area contributed by atoms with Crippen molar-refractivity contribution < 1.29 is 35.9 Å². The highest BCUT2D eigenvalue weighted by molar-refractivity contribution is 7.89. The number of hydrogen-bond acceptors (Lipinski definition) is 6. The lowest BCUT2D eigenvalue weighted by Gasteiger charge is -2.41. The Hall–Kier alpha value is -2.83. The maximum atomic E-state index is 13.9. The van der Waals surface area contributed by atoms with E-state index in [1.165, 1.54) is 47.8 Å². The van der Waals surface area contributed by atoms with Crippen LogP contribution in [0.4, 0.5) is 13.2 Å². The number of nitrogens with two attached hydrogens (primary N) is 1. The normalized spacial score (nSPS) is 23.2. The Bertz CT molecular complexity index is 1320. The van der Waals surface area contributed by atoms with Crippen molar-refractivity contribution in [1.82, 2.24) is 9.21 Å². The molecule has 2 saturated heterocycles. The van der Waals surface area contributed by atoms with Crippen molar-refractivity contribution in [3.63, 3.8) is 0 Å². The summed E-state index contributed by atoms with van der Waals surface area (Å²) < 4.78 is 79.9. The quantitative estimate of drug-likeness (QED) is 0.433. The number of carbonyl (C=O) groups is 1. The molecule has 0 radical (unpaired) electrons. The molecule has 2 aromatic carbocycles. The molecule has 1 amide bonds. The summed E-state index contributed by atoms with van der Waals surface area (Å²) in [7, 11) is -4.05. The third kappa shape index (κ3) is 7.82. The van der Waals surface area contributed by atoms with E-state index in [0.717, 1.165) is 25.0 Å². The first-order valence-corrected chi connectivity index (χ1v) is 16.6. The predicted octanol–water partition coefficient (Wildman–Crippen LogP) is 5.21. The second kappa shape index (κ2) is 13.4. The molecule has 0 spiro atoms. The molecule has 2 aliphatic heterocycles. The summed E-state index contributed by atoms with van der Waals surface area (Å²) in [6.45, 7) is 1.50. The first kappa shape index (κ1) is 31.6. The molecule has 2 heterocycles. The van der Waals surface area contributed by atoms with Crippen LogP contribution in [0, 0.1) is 5.92 Å². The van der Waals surface area contributed by atoms with Gasteiger partial charge in [0.25, 0.3) is 0 Å². The fourth-order valence-electron chi connectivity index (χ4n) is 6.19. The van der Waals surface area contributed by atoms with Crippen molar-refractivity contribution in [3.05, 3.63) is 54.1 Å². The van der Waals surface area contributed by atoms with Gasteiger partial charge in [-0.1, -0.05) is 19.3 Å². The number of piperidine rings is 2. The molecule has 0 bridgehead atoms. The van der Waals surface area contributed by atoms with E-state index in [2.05, 4.69) is 0 Å². The van der Waals surface area contributed by atoms with Gasteiger partial charge in [0.15, 0.2) is 0 Å². The van der Waals surface area contributed by atoms with E-state index < -0.39 is 33.9 Å². The van der Waals surface area contributed by atoms with E-state index >= 15 is 0 Å². The minimum absolute atomic E-state index is 0.00941. The standard InChI is InChI=1S/C31H40F3N3O5S/c32-31(33,34)23-6-8-26(9-7-23)42-27-16-19-37(29(20-27)30(38)36-17-14-24(35)15-18-36)43(39,40)28-12-10-25(11-13-28)41-21-22-4-2-1-3-5-22/h6-13,22,24,27,29H,1-5,14-21,35H2/t27-,29+/m0/s1. The largest absolute Gasteiger partial charge is 0.493 e. The van der Waals surface area contributed by atoms with Gasteiger partial charge in [0.1, 0.15) is 23.6 Å². The Morgan fingerprint density at radius 2 is 1.49 bits per heavy atom. The van der Waals surface area contributed by atoms with Gasteiger partial charge in [-0.15, -0.1) is 0 Å². The fraction of sp³-hybridized carbons (Fsp3) is 0.581. The summed E-state index contributed by atoms with van der Waals surface area (Å²) in [5.41, 5.74) is 5.24. The highest BCUT2D eigenvalue weighted by atomic mass is 32.2. The fourth-order valence-corrected chi connectivity index (χ4v) is 7.79. The van der Waals surface area contributed by atoms with Crippen molar-refractivity contribution in [3.8, 4) is 11.5 Å². The van der Waals surface area contributed by atoms with E-state index in [-0.39, 0.29) is 42.0 Å². The van der Waals surface area contributed by atoms with E-state index in [0.29, 0.717) is 44.2 Å². The van der Waals surface area contributed by atoms with Crippen LogP contribution in [0.15, 0.2) is 53.4 Å². The van der Waals surface area contributed by atoms with Crippen LogP contribution in [0.1, 0.15) is 63.4 Å². The van der Waals surface area contributed by atoms with E-state index in [9.17, 15) is 26.4 Å². The first-order valence-electron chi connectivity index (χ1n) is 15.1. The number of rotatable bonds is 8. The zero-order valence-corrected chi connectivity index (χ0v) is 25.0. The van der Waals surface area contributed by atoms with Crippen molar-refractivity contribution in [2.45, 2.75) is 87.0 Å². The van der Waals surface area contributed by atoms with E-state index in [4.69, 9.17) is 15.2 Å². The van der Waals surface area contributed by atoms with Gasteiger partial charge in [0, 0.05) is 32.1 Å². The van der Waals surface area contributed by atoms with Gasteiger partial charge in [-0.2, -0.15) is 17.5 Å². The molecule has 8 nitrogen and oxygen atoms in total. The molecular weight excluding hydrogens is 583 g/mol. The number of carbonyl (C=O) groups excluding carboxylic acids is 1. The number of alkyl halides is 3. The third-order valence-electron chi connectivity index (χ3n) is 8.77. The molecule has 1 aliphatic carbocycles. The molecule has 1 saturated carbocycles. The van der Waals surface area contributed by atoms with Gasteiger partial charge in [0.2, 0.25) is 15.9 Å². The Labute approximate surface area is 251 Å². The summed E-state index contributed by atoms with van der Waals surface area (Å²) in [5, 5.41) is 0. The molecule has 3 aliphatic rings. The van der Waals surface area contributed by atoms with Crippen LogP contribution in [-0.4, -0.2) is 68.0 Å². The Balaban J connectivity index is 1.31. The van der Waals surface area contributed by atoms with Gasteiger partial charge in [-0.25, -0.2) is 8.42 Å². The third-order valence-corrected chi connectivity index (χ3v) is 10.7. The van der Waals surface area contributed by atoms with Crippen LogP contribution in [0.3, 0.4) is 0 Å². The summed E-state index contributed by atoms with van der Waals surface area (Å²) in [6.07, 6.45) is 2.54. The van der Waals surface area contributed by atoms with Gasteiger partial charge in [-0.3, -0.25) is 4.79 Å². The number of sulfonamides is 1. The molecule has 12 heteroatoms. The molecule has 236 valence electrons. The second-order valence-corrected chi connectivity index (χ2v) is 13.8. The van der Waals surface area contributed by atoms with Gasteiger partial charge >= 0.3 is 6.18 Å². The number of nitrogens with zero attached hydrogens (tertiary/aromatic N) is 2. The van der Waals surface area contributed by atoms with Crippen molar-refractivity contribution >= 4 is 15.9 Å². The van der Waals surface area contributed by atoms with Crippen molar-refractivity contribution in [2.75, 3.05) is 26.2 Å². The summed E-state index contributed by atoms with van der Waals surface area (Å²) in [6, 6.07) is 9.67. The van der Waals surface area contributed by atoms with Crippen LogP contribution in [0.5, 0.6) is 11.5 Å². The lowest BCUT2D eigenvalue weighted by molar-refractivity contribution is -0.139. The van der Waals surface area contributed by atoms with Gasteiger partial charge < -0.3 is 20.1 Å². The highest BCUT2D eigenvalue weighted by Crippen LogP contribution is 2.33. The zero-order valence-electron chi connectivity index (χ0n) is 24.2. The number of ether oxygens (including phenoxy) is 2. The average Bonchev–Trinajstić information content (AvgIpc) is 3.00. The highest BCUT2D eigenvalue weighted by Gasteiger charge is 2.43. The lowest BCUT2D eigenvalue weighted by atomic mass is 9.90. The molecule has 0 aromatic heterocycles. The van der Waals surface area contributed by atoms with Crippen LogP contribution in [0.25, 0.3) is 0 Å². The molecule has 2 N–H and O–H groups in total. The van der Waals surface area contributed by atoms with Crippen LogP contribution in [-0.2, 0) is 21.0 Å². The Morgan fingerprint density at radius 1 is 0.860 bits per heavy atom. The SMILES string of the molecule is NC1CCN(C(=O)[C@H]2C[C@@H](Oc3ccc(C(F)(F)F)cc3)CCN2S(=O)(=O)c2ccc(OCC3CCCCC3)cc2)CC1. The minimum Gasteiger partial charge on any atom is -0.493 e. The van der Waals surface area contributed by atoms with Gasteiger partial charge in [0.05, 0.1) is 17.1 Å². The van der Waals surface area contributed by atoms with Gasteiger partial charge in [-0.05, 0) is 86.6 Å². The number of amides is 1. The lowest BCUT2D eigenvalue weighted by Crippen LogP contribution is -2.57. The second-order valence-electron chi connectivity index (χ2n) is 11.9. The van der Waals surface area contributed by atoms with Crippen molar-refractivity contribution in [2.24, 2.45) is 11.7 Å². The molecule has 43 heavy (non-hydrogen) atoms. The molecule has 0 unspecified atom stereocenters. The van der Waals surface area contributed by atoms with Crippen LogP contribution < -0.4 is 15.2 Å². The molecule has 2 aromatic rings. The van der Waals surface area contributed by atoms with E-state index in [1.807, 2.05) is 0 Å². The van der Waals surface area contributed by atoms with E-state index in [1.54, 1.807) is 17.0 Å². The van der Waals surface area contributed by atoms with Crippen LogP contribution >= 0.6 is 0 Å². The number of likely N-dealkylation sites (tertiary alicyclic amines) is 1. The summed E-state index contributed by atoms with van der Waals surface area (Å²) in [5.74, 6) is 1.03. The number of hydrogen-bond donors (Lipinski definition) is 1. The summed E-state index contributed by atoms with van der Waals surface area (Å²) in [4.78, 5) is 15.5. The minimum atomic E-state index is -4.47. The number of benzene rings is 2. The zero-order chi connectivity index (χ0) is 30.6. The monoisotopic (exact) mass is 623 g/mol. The Kier molecular flexibility index (Phi) is 9.87. The van der Waals surface area contributed by atoms with Crippen LogP contribution in [0.2, 0.25) is 0 Å². The maximum absolute atomic E-state index is 13.9. The maximum Gasteiger partial charge on any atom is 0.416 e. The average molecular weight is 624 g/mol. The number of halogens is 3. The molecule has 5 rings (SSSR count). The molecule has 3 fully saturated rings. The summed E-state index contributed by atoms with van der Waals surface area (Å²) >= 11 is 0.